The molecule has 0 bridgehead atoms. The van der Waals surface area contributed by atoms with Gasteiger partial charge in [0.25, 0.3) is 11.8 Å². The van der Waals surface area contributed by atoms with Gasteiger partial charge in [0.1, 0.15) is 10.7 Å². The third kappa shape index (κ3) is 6.22. The molecule has 1 aromatic heterocycles. The minimum absolute atomic E-state index is 0.231. The van der Waals surface area contributed by atoms with Gasteiger partial charge in [-0.15, -0.1) is 11.3 Å². The molecule has 0 radical (unpaired) electrons. The van der Waals surface area contributed by atoms with Crippen LogP contribution in [0.1, 0.15) is 25.6 Å². The van der Waals surface area contributed by atoms with Crippen molar-refractivity contribution in [2.75, 3.05) is 13.7 Å². The van der Waals surface area contributed by atoms with Crippen LogP contribution in [0.15, 0.2) is 65.1 Å². The van der Waals surface area contributed by atoms with E-state index in [0.29, 0.717) is 16.2 Å². The number of nitrogens with zero attached hydrogens (tertiary/aromatic N) is 1. The minimum Gasteiger partial charge on any atom is -0.493 e. The summed E-state index contributed by atoms with van der Waals surface area (Å²) in [5, 5.41) is 8.00. The van der Waals surface area contributed by atoms with E-state index < -0.39 is 23.6 Å². The van der Waals surface area contributed by atoms with Crippen molar-refractivity contribution in [1.29, 1.82) is 0 Å². The molecule has 2 amide bonds. The number of hydrogen-bond acceptors (Lipinski definition) is 7. The lowest BCUT2D eigenvalue weighted by Gasteiger charge is -2.09. The van der Waals surface area contributed by atoms with Crippen LogP contribution in [0.5, 0.6) is 11.5 Å². The molecule has 32 heavy (non-hydrogen) atoms. The topological polar surface area (TPSA) is 106 Å². The molecule has 0 aliphatic rings. The number of rotatable bonds is 8. The van der Waals surface area contributed by atoms with Gasteiger partial charge in [0.15, 0.2) is 11.5 Å². The van der Waals surface area contributed by atoms with Crippen LogP contribution < -0.4 is 20.2 Å². The Hall–Kier alpha value is -4.05. The number of carbonyl (C=O) groups excluding carboxylic acids is 3. The summed E-state index contributed by atoms with van der Waals surface area (Å²) in [6, 6.07) is 13.1. The van der Waals surface area contributed by atoms with Gasteiger partial charge >= 0.3 is 5.97 Å². The van der Waals surface area contributed by atoms with E-state index in [-0.39, 0.29) is 17.9 Å². The third-order valence-corrected chi connectivity index (χ3v) is 4.88. The highest BCUT2D eigenvalue weighted by atomic mass is 32.1. The highest BCUT2D eigenvalue weighted by Gasteiger charge is 2.13. The molecule has 0 saturated carbocycles. The molecular formula is C22H18FN3O5S. The van der Waals surface area contributed by atoms with Crippen molar-refractivity contribution < 1.29 is 28.2 Å². The molecule has 2 N–H and O–H groups in total. The first kappa shape index (κ1) is 22.6. The number of ether oxygens (including phenoxy) is 2. The standard InChI is InChI=1S/C22H18FN3O5S/c1-30-18-11-14(4-9-17(18)31-22(29)19-3-2-10-32-19)12-25-26-20(27)13-24-21(28)15-5-7-16(23)8-6-15/h2-12H,13H2,1H3,(H,24,28)(H,26,27)/b25-12+. The molecule has 8 nitrogen and oxygen atoms in total. The second-order valence-electron chi connectivity index (χ2n) is 6.26. The van der Waals surface area contributed by atoms with E-state index in [1.807, 2.05) is 0 Å². The van der Waals surface area contributed by atoms with Crippen LogP contribution in [-0.2, 0) is 4.79 Å². The summed E-state index contributed by atoms with van der Waals surface area (Å²) in [6.07, 6.45) is 1.37. The molecule has 0 fully saturated rings. The van der Waals surface area contributed by atoms with Crippen molar-refractivity contribution in [2.24, 2.45) is 5.10 Å². The Kier molecular flexibility index (Phi) is 7.65. The Morgan fingerprint density at radius 1 is 1.09 bits per heavy atom. The minimum atomic E-state index is -0.551. The summed E-state index contributed by atoms with van der Waals surface area (Å²) in [5.74, 6) is -1.45. The van der Waals surface area contributed by atoms with E-state index in [9.17, 15) is 18.8 Å². The number of esters is 1. The summed E-state index contributed by atoms with van der Waals surface area (Å²) in [5.41, 5.74) is 3.09. The number of halogens is 1. The zero-order valence-corrected chi connectivity index (χ0v) is 17.6. The SMILES string of the molecule is COc1cc(/C=N/NC(=O)CNC(=O)c2ccc(F)cc2)ccc1OC(=O)c1cccs1. The quantitative estimate of drug-likeness (QED) is 0.235. The van der Waals surface area contributed by atoms with Crippen LogP contribution in [0.4, 0.5) is 4.39 Å². The number of benzene rings is 2. The number of carbonyl (C=O) groups is 3. The molecule has 3 aromatic rings. The average molecular weight is 455 g/mol. The Morgan fingerprint density at radius 2 is 1.88 bits per heavy atom. The average Bonchev–Trinajstić information content (AvgIpc) is 3.34. The van der Waals surface area contributed by atoms with E-state index >= 15 is 0 Å². The number of nitrogens with one attached hydrogen (secondary N) is 2. The monoisotopic (exact) mass is 455 g/mol. The van der Waals surface area contributed by atoms with E-state index in [4.69, 9.17) is 9.47 Å². The number of hydrazone groups is 1. The molecule has 0 unspecified atom stereocenters. The predicted octanol–water partition coefficient (Wildman–Crippen LogP) is 3.00. The lowest BCUT2D eigenvalue weighted by Crippen LogP contribution is -2.34. The van der Waals surface area contributed by atoms with Gasteiger partial charge in [-0.1, -0.05) is 6.07 Å². The van der Waals surface area contributed by atoms with E-state index in [1.165, 1.54) is 36.8 Å². The lowest BCUT2D eigenvalue weighted by molar-refractivity contribution is -0.120. The molecule has 0 saturated heterocycles. The number of methoxy groups -OCH3 is 1. The second kappa shape index (κ2) is 10.8. The fourth-order valence-electron chi connectivity index (χ4n) is 2.48. The van der Waals surface area contributed by atoms with Gasteiger partial charge in [0.2, 0.25) is 0 Å². The van der Waals surface area contributed by atoms with Crippen molar-refractivity contribution in [3.8, 4) is 11.5 Å². The van der Waals surface area contributed by atoms with Gasteiger partial charge in [-0.25, -0.2) is 14.6 Å². The summed E-state index contributed by atoms with van der Waals surface area (Å²) >= 11 is 1.27. The van der Waals surface area contributed by atoms with Crippen LogP contribution in [0, 0.1) is 5.82 Å². The van der Waals surface area contributed by atoms with Gasteiger partial charge in [-0.05, 0) is 59.5 Å². The largest absolute Gasteiger partial charge is 0.493 e. The smallest absolute Gasteiger partial charge is 0.353 e. The summed E-state index contributed by atoms with van der Waals surface area (Å²) in [6.45, 7) is -0.311. The van der Waals surface area contributed by atoms with Gasteiger partial charge in [0.05, 0.1) is 19.9 Å². The first-order valence-corrected chi connectivity index (χ1v) is 10.1. The first-order valence-electron chi connectivity index (χ1n) is 9.25. The van der Waals surface area contributed by atoms with Crippen LogP contribution in [0.25, 0.3) is 0 Å². The lowest BCUT2D eigenvalue weighted by atomic mass is 10.2. The van der Waals surface area contributed by atoms with Crippen molar-refractivity contribution in [2.45, 2.75) is 0 Å². The van der Waals surface area contributed by atoms with Crippen molar-refractivity contribution in [3.05, 3.63) is 81.8 Å². The van der Waals surface area contributed by atoms with Crippen LogP contribution in [0.3, 0.4) is 0 Å². The highest BCUT2D eigenvalue weighted by Crippen LogP contribution is 2.28. The second-order valence-corrected chi connectivity index (χ2v) is 7.21. The fraction of sp³-hybridized carbons (Fsp3) is 0.0909. The molecule has 3 rings (SSSR count). The van der Waals surface area contributed by atoms with E-state index in [1.54, 1.807) is 35.7 Å². The van der Waals surface area contributed by atoms with E-state index in [2.05, 4.69) is 15.8 Å². The van der Waals surface area contributed by atoms with Crippen molar-refractivity contribution in [3.63, 3.8) is 0 Å². The van der Waals surface area contributed by atoms with Gasteiger partial charge in [-0.2, -0.15) is 5.10 Å². The number of hydrogen-bond donors (Lipinski definition) is 2. The maximum atomic E-state index is 12.9. The maximum absolute atomic E-state index is 12.9. The summed E-state index contributed by atoms with van der Waals surface area (Å²) < 4.78 is 23.5. The van der Waals surface area contributed by atoms with Gasteiger partial charge < -0.3 is 14.8 Å². The van der Waals surface area contributed by atoms with Crippen LogP contribution in [-0.4, -0.2) is 37.7 Å². The Labute approximate surface area is 186 Å². The fourth-order valence-corrected chi connectivity index (χ4v) is 3.07. The summed E-state index contributed by atoms with van der Waals surface area (Å²) in [4.78, 5) is 36.3. The van der Waals surface area contributed by atoms with Crippen LogP contribution >= 0.6 is 11.3 Å². The van der Waals surface area contributed by atoms with E-state index in [0.717, 1.165) is 12.1 Å². The Bertz CT molecular complexity index is 1130. The molecule has 164 valence electrons. The highest BCUT2D eigenvalue weighted by molar-refractivity contribution is 7.12. The molecule has 0 spiro atoms. The molecule has 0 aliphatic heterocycles. The first-order chi connectivity index (χ1) is 15.5. The zero-order chi connectivity index (χ0) is 22.9. The summed E-state index contributed by atoms with van der Waals surface area (Å²) in [7, 11) is 1.43. The van der Waals surface area contributed by atoms with Gasteiger partial charge in [-0.3, -0.25) is 9.59 Å². The molecule has 0 aliphatic carbocycles. The molecule has 1 heterocycles. The maximum Gasteiger partial charge on any atom is 0.353 e. The Balaban J connectivity index is 1.52. The van der Waals surface area contributed by atoms with Crippen molar-refractivity contribution in [1.82, 2.24) is 10.7 Å². The molecule has 10 heteroatoms. The normalized spacial score (nSPS) is 10.6. The number of amides is 2. The Morgan fingerprint density at radius 3 is 2.56 bits per heavy atom. The predicted molar refractivity (Wildman–Crippen MR) is 117 cm³/mol. The molecule has 2 aromatic carbocycles. The molecular weight excluding hydrogens is 437 g/mol. The number of thiophene rings is 1. The molecule has 0 atom stereocenters. The van der Waals surface area contributed by atoms with Crippen molar-refractivity contribution >= 4 is 35.3 Å². The third-order valence-electron chi connectivity index (χ3n) is 4.03. The van der Waals surface area contributed by atoms with Gasteiger partial charge in [0, 0.05) is 5.56 Å². The van der Waals surface area contributed by atoms with Crippen LogP contribution in [0.2, 0.25) is 0 Å². The zero-order valence-electron chi connectivity index (χ0n) is 16.8.